The van der Waals surface area contributed by atoms with Gasteiger partial charge in [-0.25, -0.2) is 9.78 Å². The van der Waals surface area contributed by atoms with E-state index in [9.17, 15) is 4.79 Å². The zero-order valence-electron chi connectivity index (χ0n) is 20.8. The maximum absolute atomic E-state index is 12.3. The number of nitrogens with one attached hydrogen (secondary N) is 1. The van der Waals surface area contributed by atoms with Crippen molar-refractivity contribution >= 4 is 17.6 Å². The van der Waals surface area contributed by atoms with Crippen LogP contribution in [0, 0.1) is 0 Å². The molecule has 0 radical (unpaired) electrons. The van der Waals surface area contributed by atoms with Gasteiger partial charge in [0, 0.05) is 30.5 Å². The van der Waals surface area contributed by atoms with Gasteiger partial charge in [-0.3, -0.25) is 0 Å². The summed E-state index contributed by atoms with van der Waals surface area (Å²) in [6.45, 7) is 13.3. The molecule has 1 atom stereocenters. The van der Waals surface area contributed by atoms with Crippen molar-refractivity contribution in [2.75, 3.05) is 18.4 Å². The third-order valence-electron chi connectivity index (χ3n) is 5.65. The Hall–Kier alpha value is -3.42. The van der Waals surface area contributed by atoms with Crippen molar-refractivity contribution < 1.29 is 14.1 Å². The fraction of sp³-hybridized carbons (Fsp3) is 0.462. The smallest absolute Gasteiger partial charge is 0.410 e. The number of benzene rings is 1. The average Bonchev–Trinajstić information content (AvgIpc) is 3.43. The molecule has 1 aliphatic rings. The number of rotatable bonds is 4. The SMILES string of the molecule is CC(C)(C)OC(=O)N1CCC(c2nc(-c3ccc(Nc4cccc(C(C)(C)C)c4)nc3)no2)C1. The van der Waals surface area contributed by atoms with E-state index >= 15 is 0 Å². The number of amides is 1. The normalized spacial score (nSPS) is 16.5. The lowest BCUT2D eigenvalue weighted by molar-refractivity contribution is 0.0291. The number of nitrogens with zero attached hydrogens (tertiary/aromatic N) is 4. The summed E-state index contributed by atoms with van der Waals surface area (Å²) in [7, 11) is 0. The summed E-state index contributed by atoms with van der Waals surface area (Å²) in [4.78, 5) is 23.1. The number of pyridine rings is 1. The van der Waals surface area contributed by atoms with Crippen LogP contribution >= 0.6 is 0 Å². The highest BCUT2D eigenvalue weighted by atomic mass is 16.6. The number of carbonyl (C=O) groups excluding carboxylic acids is 1. The van der Waals surface area contributed by atoms with E-state index in [0.717, 1.165) is 23.5 Å². The number of hydrogen-bond donors (Lipinski definition) is 1. The highest BCUT2D eigenvalue weighted by Gasteiger charge is 2.33. The second-order valence-corrected chi connectivity index (χ2v) is 10.8. The van der Waals surface area contributed by atoms with Gasteiger partial charge in [0.2, 0.25) is 11.7 Å². The Morgan fingerprint density at radius 2 is 1.94 bits per heavy atom. The number of carbonyl (C=O) groups is 1. The molecule has 1 fully saturated rings. The standard InChI is InChI=1S/C26H33N5O3/c1-25(2,3)19-8-7-9-20(14-19)28-21-11-10-17(15-27-21)22-29-23(34-30-22)18-12-13-31(16-18)24(32)33-26(4,5)6/h7-11,14-15,18H,12-13,16H2,1-6H3,(H,27,28). The van der Waals surface area contributed by atoms with Gasteiger partial charge in [-0.05, 0) is 62.4 Å². The first kappa shape index (κ1) is 23.7. The third kappa shape index (κ3) is 5.73. The number of hydrogen-bond acceptors (Lipinski definition) is 7. The van der Waals surface area contributed by atoms with E-state index in [4.69, 9.17) is 9.26 Å². The van der Waals surface area contributed by atoms with E-state index in [1.165, 1.54) is 5.56 Å². The molecule has 8 nitrogen and oxygen atoms in total. The van der Waals surface area contributed by atoms with Gasteiger partial charge in [-0.1, -0.05) is 38.1 Å². The Morgan fingerprint density at radius 1 is 1.15 bits per heavy atom. The molecule has 1 aromatic carbocycles. The molecule has 1 amide bonds. The first-order chi connectivity index (χ1) is 16.0. The van der Waals surface area contributed by atoms with Crippen LogP contribution in [0.3, 0.4) is 0 Å². The molecule has 4 rings (SSSR count). The van der Waals surface area contributed by atoms with Gasteiger partial charge in [0.05, 0.1) is 5.92 Å². The van der Waals surface area contributed by atoms with Gasteiger partial charge in [-0.15, -0.1) is 0 Å². The maximum atomic E-state index is 12.3. The largest absolute Gasteiger partial charge is 0.444 e. The Bertz CT molecular complexity index is 1140. The Kier molecular flexibility index (Phi) is 6.34. The minimum Gasteiger partial charge on any atom is -0.444 e. The van der Waals surface area contributed by atoms with Crippen LogP contribution in [0.5, 0.6) is 0 Å². The molecule has 0 spiro atoms. The van der Waals surface area contributed by atoms with Crippen molar-refractivity contribution in [3.05, 3.63) is 54.0 Å². The first-order valence-electron chi connectivity index (χ1n) is 11.6. The van der Waals surface area contributed by atoms with Gasteiger partial charge in [0.1, 0.15) is 11.4 Å². The second-order valence-electron chi connectivity index (χ2n) is 10.8. The Balaban J connectivity index is 1.39. The van der Waals surface area contributed by atoms with Crippen molar-refractivity contribution in [1.29, 1.82) is 0 Å². The lowest BCUT2D eigenvalue weighted by Gasteiger charge is -2.24. The molecule has 3 aromatic rings. The van der Waals surface area contributed by atoms with Crippen molar-refractivity contribution in [1.82, 2.24) is 20.0 Å². The van der Waals surface area contributed by atoms with Crippen molar-refractivity contribution in [3.8, 4) is 11.4 Å². The number of anilines is 2. The van der Waals surface area contributed by atoms with Crippen LogP contribution in [-0.2, 0) is 10.2 Å². The fourth-order valence-electron chi connectivity index (χ4n) is 3.78. The minimum atomic E-state index is -0.518. The highest BCUT2D eigenvalue weighted by molar-refractivity contribution is 5.68. The second kappa shape index (κ2) is 9.08. The lowest BCUT2D eigenvalue weighted by Crippen LogP contribution is -2.35. The monoisotopic (exact) mass is 463 g/mol. The quantitative estimate of drug-likeness (QED) is 0.515. The number of ether oxygens (including phenoxy) is 1. The van der Waals surface area contributed by atoms with Gasteiger partial charge in [-0.2, -0.15) is 4.98 Å². The molecule has 0 bridgehead atoms. The molecule has 8 heteroatoms. The van der Waals surface area contributed by atoms with Crippen LogP contribution in [0.25, 0.3) is 11.4 Å². The first-order valence-corrected chi connectivity index (χ1v) is 11.6. The van der Waals surface area contributed by atoms with E-state index in [0.29, 0.717) is 24.8 Å². The summed E-state index contributed by atoms with van der Waals surface area (Å²) in [5.74, 6) is 1.75. The maximum Gasteiger partial charge on any atom is 0.410 e. The van der Waals surface area contributed by atoms with Crippen LogP contribution in [0.2, 0.25) is 0 Å². The van der Waals surface area contributed by atoms with Gasteiger partial charge in [0.15, 0.2) is 0 Å². The topological polar surface area (TPSA) is 93.4 Å². The van der Waals surface area contributed by atoms with E-state index in [2.05, 4.69) is 53.3 Å². The van der Waals surface area contributed by atoms with E-state index in [1.807, 2.05) is 45.0 Å². The Morgan fingerprint density at radius 3 is 2.62 bits per heavy atom. The molecule has 1 saturated heterocycles. The van der Waals surface area contributed by atoms with Gasteiger partial charge < -0.3 is 19.5 Å². The summed E-state index contributed by atoms with van der Waals surface area (Å²) in [6.07, 6.45) is 2.18. The predicted octanol–water partition coefficient (Wildman–Crippen LogP) is 5.90. The van der Waals surface area contributed by atoms with Crippen LogP contribution in [0.15, 0.2) is 47.1 Å². The summed E-state index contributed by atoms with van der Waals surface area (Å²) < 4.78 is 11.0. The molecule has 180 valence electrons. The fourth-order valence-corrected chi connectivity index (χ4v) is 3.78. The molecule has 0 saturated carbocycles. The zero-order chi connectivity index (χ0) is 24.5. The lowest BCUT2D eigenvalue weighted by atomic mass is 9.87. The van der Waals surface area contributed by atoms with Crippen molar-refractivity contribution in [2.24, 2.45) is 0 Å². The highest BCUT2D eigenvalue weighted by Crippen LogP contribution is 2.29. The molecular weight excluding hydrogens is 430 g/mol. The number of likely N-dealkylation sites (tertiary alicyclic amines) is 1. The molecule has 1 unspecified atom stereocenters. The third-order valence-corrected chi connectivity index (χ3v) is 5.65. The molecule has 1 aliphatic heterocycles. The van der Waals surface area contributed by atoms with E-state index in [1.54, 1.807) is 11.1 Å². The summed E-state index contributed by atoms with van der Waals surface area (Å²) in [5, 5.41) is 7.48. The van der Waals surface area contributed by atoms with E-state index in [-0.39, 0.29) is 17.4 Å². The molecule has 1 N–H and O–H groups in total. The van der Waals surface area contributed by atoms with Crippen LogP contribution in [-0.4, -0.2) is 44.8 Å². The summed E-state index contributed by atoms with van der Waals surface area (Å²) in [6, 6.07) is 12.2. The predicted molar refractivity (Wildman–Crippen MR) is 131 cm³/mol. The zero-order valence-corrected chi connectivity index (χ0v) is 20.8. The van der Waals surface area contributed by atoms with Crippen LogP contribution in [0.1, 0.15) is 65.3 Å². The summed E-state index contributed by atoms with van der Waals surface area (Å²) >= 11 is 0. The molecular formula is C26H33N5O3. The number of aromatic nitrogens is 3. The minimum absolute atomic E-state index is 0.00207. The van der Waals surface area contributed by atoms with Crippen LogP contribution in [0.4, 0.5) is 16.3 Å². The van der Waals surface area contributed by atoms with Crippen LogP contribution < -0.4 is 5.32 Å². The molecule has 3 heterocycles. The van der Waals surface area contributed by atoms with E-state index < -0.39 is 5.60 Å². The van der Waals surface area contributed by atoms with Gasteiger partial charge in [0.25, 0.3) is 0 Å². The Labute approximate surface area is 200 Å². The van der Waals surface area contributed by atoms with Gasteiger partial charge >= 0.3 is 6.09 Å². The molecule has 2 aromatic heterocycles. The van der Waals surface area contributed by atoms with Crippen molar-refractivity contribution in [2.45, 2.75) is 64.9 Å². The summed E-state index contributed by atoms with van der Waals surface area (Å²) in [5.41, 5.74) is 2.58. The molecule has 0 aliphatic carbocycles. The van der Waals surface area contributed by atoms with Crippen molar-refractivity contribution in [3.63, 3.8) is 0 Å². The average molecular weight is 464 g/mol. The molecule has 34 heavy (non-hydrogen) atoms.